The molecule has 0 saturated carbocycles. The zero-order chi connectivity index (χ0) is 14.3. The van der Waals surface area contributed by atoms with Crippen LogP contribution in [0.1, 0.15) is 32.1 Å². The maximum absolute atomic E-state index is 12.0. The quantitative estimate of drug-likeness (QED) is 0.706. The molecule has 0 spiro atoms. The molecule has 110 valence electrons. The van der Waals surface area contributed by atoms with E-state index in [2.05, 4.69) is 10.2 Å². The lowest BCUT2D eigenvalue weighted by molar-refractivity contribution is -0.138. The molecule has 1 aliphatic heterocycles. The second-order valence-electron chi connectivity index (χ2n) is 5.33. The lowest BCUT2D eigenvalue weighted by atomic mass is 10.00. The number of piperidine rings is 1. The van der Waals surface area contributed by atoms with Crippen LogP contribution < -0.4 is 5.32 Å². The van der Waals surface area contributed by atoms with Gasteiger partial charge < -0.3 is 20.2 Å². The number of nitrogens with zero attached hydrogens (tertiary/aromatic N) is 2. The highest BCUT2D eigenvalue weighted by atomic mass is 16.4. The van der Waals surface area contributed by atoms with E-state index in [1.165, 1.54) is 0 Å². The van der Waals surface area contributed by atoms with Crippen LogP contribution in [0.2, 0.25) is 0 Å². The highest BCUT2D eigenvalue weighted by molar-refractivity contribution is 5.76. The van der Waals surface area contributed by atoms with Crippen molar-refractivity contribution in [2.75, 3.05) is 33.7 Å². The lowest BCUT2D eigenvalue weighted by Crippen LogP contribution is -2.49. The van der Waals surface area contributed by atoms with E-state index in [1.54, 1.807) is 4.90 Å². The average Bonchev–Trinajstić information content (AvgIpc) is 2.34. The smallest absolute Gasteiger partial charge is 0.317 e. The van der Waals surface area contributed by atoms with Crippen molar-refractivity contribution >= 4 is 12.0 Å². The number of urea groups is 1. The van der Waals surface area contributed by atoms with Gasteiger partial charge in [-0.15, -0.1) is 0 Å². The Morgan fingerprint density at radius 1 is 1.37 bits per heavy atom. The van der Waals surface area contributed by atoms with Gasteiger partial charge in [0, 0.05) is 19.1 Å². The Kier molecular flexibility index (Phi) is 6.62. The second-order valence-corrected chi connectivity index (χ2v) is 5.33. The molecule has 1 saturated heterocycles. The van der Waals surface area contributed by atoms with Crippen LogP contribution in [0.3, 0.4) is 0 Å². The number of amides is 2. The predicted octanol–water partition coefficient (Wildman–Crippen LogP) is 0.977. The fraction of sp³-hybridized carbons (Fsp3) is 0.846. The Labute approximate surface area is 114 Å². The summed E-state index contributed by atoms with van der Waals surface area (Å²) in [5.41, 5.74) is 0. The van der Waals surface area contributed by atoms with Gasteiger partial charge in [0.05, 0.1) is 6.42 Å². The Balaban J connectivity index is 2.37. The van der Waals surface area contributed by atoms with Gasteiger partial charge in [0.2, 0.25) is 0 Å². The standard InChI is InChI=1S/C13H25N3O3/c1-15(2)8-5-7-14-13(19)16-9-4-3-6-11(16)10-12(17)18/h11H,3-10H2,1-2H3,(H,14,19)(H,17,18). The molecule has 0 aromatic rings. The van der Waals surface area contributed by atoms with E-state index in [4.69, 9.17) is 5.11 Å². The van der Waals surface area contributed by atoms with Gasteiger partial charge in [-0.1, -0.05) is 0 Å². The van der Waals surface area contributed by atoms with Gasteiger partial charge in [0.1, 0.15) is 0 Å². The minimum Gasteiger partial charge on any atom is -0.481 e. The summed E-state index contributed by atoms with van der Waals surface area (Å²) in [5.74, 6) is -0.836. The number of nitrogens with one attached hydrogen (secondary N) is 1. The van der Waals surface area contributed by atoms with Gasteiger partial charge in [-0.25, -0.2) is 4.79 Å². The number of aliphatic carboxylic acids is 1. The summed E-state index contributed by atoms with van der Waals surface area (Å²) in [4.78, 5) is 26.6. The average molecular weight is 271 g/mol. The SMILES string of the molecule is CN(C)CCCNC(=O)N1CCCCC1CC(=O)O. The normalized spacial score (nSPS) is 19.5. The fourth-order valence-corrected chi connectivity index (χ4v) is 2.37. The summed E-state index contributed by atoms with van der Waals surface area (Å²) in [6, 6.07) is -0.273. The molecule has 1 heterocycles. The summed E-state index contributed by atoms with van der Waals surface area (Å²) >= 11 is 0. The highest BCUT2D eigenvalue weighted by Crippen LogP contribution is 2.19. The molecular formula is C13H25N3O3. The summed E-state index contributed by atoms with van der Waals surface area (Å²) in [5, 5.41) is 11.8. The first-order chi connectivity index (χ1) is 9.00. The molecule has 1 rings (SSSR count). The topological polar surface area (TPSA) is 72.9 Å². The maximum atomic E-state index is 12.0. The molecule has 6 nitrogen and oxygen atoms in total. The Hall–Kier alpha value is -1.30. The zero-order valence-corrected chi connectivity index (χ0v) is 11.9. The molecule has 1 aliphatic rings. The van der Waals surface area contributed by atoms with Crippen LogP contribution in [0, 0.1) is 0 Å². The van der Waals surface area contributed by atoms with Crippen molar-refractivity contribution in [3.8, 4) is 0 Å². The Morgan fingerprint density at radius 2 is 2.11 bits per heavy atom. The van der Waals surface area contributed by atoms with Gasteiger partial charge >= 0.3 is 12.0 Å². The minimum atomic E-state index is -0.836. The minimum absolute atomic E-state index is 0.0467. The molecule has 1 atom stereocenters. The molecule has 1 fully saturated rings. The molecular weight excluding hydrogens is 246 g/mol. The van der Waals surface area contributed by atoms with Crippen molar-refractivity contribution in [2.45, 2.75) is 38.1 Å². The van der Waals surface area contributed by atoms with E-state index in [0.717, 1.165) is 32.2 Å². The first-order valence-corrected chi connectivity index (χ1v) is 6.91. The van der Waals surface area contributed by atoms with Crippen LogP contribution in [0.5, 0.6) is 0 Å². The Bertz CT molecular complexity index is 308. The van der Waals surface area contributed by atoms with Crippen LogP contribution in [-0.2, 0) is 4.79 Å². The number of carboxylic acids is 1. The van der Waals surface area contributed by atoms with Crippen LogP contribution in [0.4, 0.5) is 4.79 Å². The number of likely N-dealkylation sites (tertiary alicyclic amines) is 1. The van der Waals surface area contributed by atoms with Crippen LogP contribution in [-0.4, -0.2) is 66.7 Å². The number of carbonyl (C=O) groups is 2. The first kappa shape index (κ1) is 15.8. The molecule has 0 aliphatic carbocycles. The molecule has 2 amide bonds. The van der Waals surface area contributed by atoms with Crippen molar-refractivity contribution in [3.05, 3.63) is 0 Å². The van der Waals surface area contributed by atoms with Gasteiger partial charge in [-0.05, 0) is 46.3 Å². The number of rotatable bonds is 6. The number of carbonyl (C=O) groups excluding carboxylic acids is 1. The van der Waals surface area contributed by atoms with Crippen molar-refractivity contribution in [3.63, 3.8) is 0 Å². The van der Waals surface area contributed by atoms with Crippen LogP contribution >= 0.6 is 0 Å². The summed E-state index contributed by atoms with van der Waals surface area (Å²) in [7, 11) is 3.99. The second kappa shape index (κ2) is 7.99. The summed E-state index contributed by atoms with van der Waals surface area (Å²) in [6.45, 7) is 2.23. The molecule has 0 bridgehead atoms. The van der Waals surface area contributed by atoms with Gasteiger partial charge in [-0.2, -0.15) is 0 Å². The molecule has 0 radical (unpaired) electrons. The van der Waals surface area contributed by atoms with E-state index in [9.17, 15) is 9.59 Å². The number of hydrogen-bond donors (Lipinski definition) is 2. The van der Waals surface area contributed by atoms with Gasteiger partial charge in [0.15, 0.2) is 0 Å². The fourth-order valence-electron chi connectivity index (χ4n) is 2.37. The van der Waals surface area contributed by atoms with Crippen LogP contribution in [0.25, 0.3) is 0 Å². The maximum Gasteiger partial charge on any atom is 0.317 e. The third kappa shape index (κ3) is 5.92. The third-order valence-corrected chi connectivity index (χ3v) is 3.36. The lowest BCUT2D eigenvalue weighted by Gasteiger charge is -2.35. The van der Waals surface area contributed by atoms with E-state index in [0.29, 0.717) is 13.1 Å². The van der Waals surface area contributed by atoms with E-state index < -0.39 is 5.97 Å². The molecule has 0 aromatic carbocycles. The van der Waals surface area contributed by atoms with Crippen molar-refractivity contribution in [2.24, 2.45) is 0 Å². The largest absolute Gasteiger partial charge is 0.481 e. The Morgan fingerprint density at radius 3 is 2.74 bits per heavy atom. The van der Waals surface area contributed by atoms with E-state index >= 15 is 0 Å². The van der Waals surface area contributed by atoms with Gasteiger partial charge in [-0.3, -0.25) is 4.79 Å². The summed E-state index contributed by atoms with van der Waals surface area (Å²) in [6.07, 6.45) is 3.70. The van der Waals surface area contributed by atoms with E-state index in [1.807, 2.05) is 14.1 Å². The molecule has 6 heteroatoms. The molecule has 2 N–H and O–H groups in total. The van der Waals surface area contributed by atoms with Crippen LogP contribution in [0.15, 0.2) is 0 Å². The van der Waals surface area contributed by atoms with Crippen molar-refractivity contribution in [1.82, 2.24) is 15.1 Å². The van der Waals surface area contributed by atoms with Crippen molar-refractivity contribution in [1.29, 1.82) is 0 Å². The first-order valence-electron chi connectivity index (χ1n) is 6.91. The third-order valence-electron chi connectivity index (χ3n) is 3.36. The molecule has 19 heavy (non-hydrogen) atoms. The number of carboxylic acid groups (broad SMARTS) is 1. The monoisotopic (exact) mass is 271 g/mol. The van der Waals surface area contributed by atoms with Gasteiger partial charge in [0.25, 0.3) is 0 Å². The zero-order valence-electron chi connectivity index (χ0n) is 11.9. The van der Waals surface area contributed by atoms with Crippen molar-refractivity contribution < 1.29 is 14.7 Å². The molecule has 1 unspecified atom stereocenters. The predicted molar refractivity (Wildman–Crippen MR) is 73.2 cm³/mol. The molecule has 0 aromatic heterocycles. The number of hydrogen-bond acceptors (Lipinski definition) is 3. The summed E-state index contributed by atoms with van der Waals surface area (Å²) < 4.78 is 0. The van der Waals surface area contributed by atoms with E-state index in [-0.39, 0.29) is 18.5 Å². The highest BCUT2D eigenvalue weighted by Gasteiger charge is 2.28.